The molecule has 3 aliphatic rings. The van der Waals surface area contributed by atoms with E-state index in [1.54, 1.807) is 0 Å². The standard InChI is InChI=1S/C12H22N2O/c1(6-13-10-2-3-10)7-14-8-11-4-5-12(9-14)15-11/h10-13H,1-9H2. The van der Waals surface area contributed by atoms with Gasteiger partial charge in [-0.1, -0.05) is 0 Å². The first kappa shape index (κ1) is 10.1. The molecular weight excluding hydrogens is 188 g/mol. The van der Waals surface area contributed by atoms with Crippen LogP contribution in [-0.2, 0) is 4.74 Å². The molecule has 0 aromatic carbocycles. The first-order valence-corrected chi connectivity index (χ1v) is 6.51. The Labute approximate surface area is 92.2 Å². The molecule has 2 bridgehead atoms. The van der Waals surface area contributed by atoms with Crippen molar-refractivity contribution in [3.8, 4) is 0 Å². The molecule has 15 heavy (non-hydrogen) atoms. The Kier molecular flexibility index (Phi) is 2.95. The van der Waals surface area contributed by atoms with Crippen LogP contribution in [0.25, 0.3) is 0 Å². The van der Waals surface area contributed by atoms with E-state index in [2.05, 4.69) is 10.2 Å². The smallest absolute Gasteiger partial charge is 0.0707 e. The van der Waals surface area contributed by atoms with Gasteiger partial charge in [0.15, 0.2) is 0 Å². The number of rotatable bonds is 5. The Morgan fingerprint density at radius 2 is 1.80 bits per heavy atom. The molecule has 2 atom stereocenters. The minimum absolute atomic E-state index is 0.556. The number of ether oxygens (including phenoxy) is 1. The van der Waals surface area contributed by atoms with Crippen LogP contribution in [-0.4, -0.2) is 49.3 Å². The maximum Gasteiger partial charge on any atom is 0.0707 e. The molecule has 1 saturated carbocycles. The van der Waals surface area contributed by atoms with Gasteiger partial charge in [-0.05, 0) is 45.2 Å². The van der Waals surface area contributed by atoms with Gasteiger partial charge in [0.25, 0.3) is 0 Å². The van der Waals surface area contributed by atoms with Crippen molar-refractivity contribution < 1.29 is 4.74 Å². The Balaban J connectivity index is 1.32. The van der Waals surface area contributed by atoms with Crippen molar-refractivity contribution in [1.29, 1.82) is 0 Å². The molecule has 0 amide bonds. The number of hydrogen-bond donors (Lipinski definition) is 1. The van der Waals surface area contributed by atoms with Gasteiger partial charge < -0.3 is 10.1 Å². The van der Waals surface area contributed by atoms with Crippen LogP contribution in [0.1, 0.15) is 32.1 Å². The van der Waals surface area contributed by atoms with E-state index in [4.69, 9.17) is 4.74 Å². The highest BCUT2D eigenvalue weighted by atomic mass is 16.5. The molecule has 0 spiro atoms. The van der Waals surface area contributed by atoms with Gasteiger partial charge >= 0.3 is 0 Å². The number of morpholine rings is 1. The number of likely N-dealkylation sites (tertiary alicyclic amines) is 1. The second-order valence-corrected chi connectivity index (χ2v) is 5.30. The van der Waals surface area contributed by atoms with Crippen molar-refractivity contribution >= 4 is 0 Å². The third kappa shape index (κ3) is 2.71. The summed E-state index contributed by atoms with van der Waals surface area (Å²) in [5, 5.41) is 3.58. The molecular formula is C12H22N2O. The lowest BCUT2D eigenvalue weighted by atomic mass is 10.2. The number of fused-ring (bicyclic) bond motifs is 2. The summed E-state index contributed by atoms with van der Waals surface area (Å²) in [6, 6.07) is 0.867. The van der Waals surface area contributed by atoms with Crippen LogP contribution in [0.15, 0.2) is 0 Å². The van der Waals surface area contributed by atoms with Gasteiger partial charge in [0.05, 0.1) is 12.2 Å². The number of nitrogens with zero attached hydrogens (tertiary/aromatic N) is 1. The monoisotopic (exact) mass is 210 g/mol. The molecule has 2 aliphatic heterocycles. The molecule has 1 aliphatic carbocycles. The average molecular weight is 210 g/mol. The minimum atomic E-state index is 0.556. The van der Waals surface area contributed by atoms with Crippen molar-refractivity contribution in [2.45, 2.75) is 50.4 Å². The second kappa shape index (κ2) is 4.40. The molecule has 2 heterocycles. The fourth-order valence-electron chi connectivity index (χ4n) is 2.78. The molecule has 0 radical (unpaired) electrons. The van der Waals surface area contributed by atoms with E-state index in [0.29, 0.717) is 12.2 Å². The van der Waals surface area contributed by atoms with Gasteiger partial charge in [-0.25, -0.2) is 0 Å². The molecule has 0 aromatic rings. The lowest BCUT2D eigenvalue weighted by Crippen LogP contribution is -2.43. The zero-order valence-electron chi connectivity index (χ0n) is 9.45. The Bertz CT molecular complexity index is 206. The van der Waals surface area contributed by atoms with Crippen molar-refractivity contribution in [3.63, 3.8) is 0 Å². The van der Waals surface area contributed by atoms with E-state index in [0.717, 1.165) is 6.04 Å². The van der Waals surface area contributed by atoms with Gasteiger partial charge in [-0.3, -0.25) is 4.90 Å². The fourth-order valence-corrected chi connectivity index (χ4v) is 2.78. The van der Waals surface area contributed by atoms with E-state index >= 15 is 0 Å². The molecule has 0 aromatic heterocycles. The van der Waals surface area contributed by atoms with E-state index in [1.807, 2.05) is 0 Å². The molecule has 1 N–H and O–H groups in total. The van der Waals surface area contributed by atoms with Crippen molar-refractivity contribution in [1.82, 2.24) is 10.2 Å². The summed E-state index contributed by atoms with van der Waals surface area (Å²) in [6.45, 7) is 4.83. The first-order valence-electron chi connectivity index (χ1n) is 6.51. The second-order valence-electron chi connectivity index (χ2n) is 5.30. The fraction of sp³-hybridized carbons (Fsp3) is 1.00. The first-order chi connectivity index (χ1) is 7.40. The Morgan fingerprint density at radius 3 is 2.47 bits per heavy atom. The van der Waals surface area contributed by atoms with Gasteiger partial charge in [-0.15, -0.1) is 0 Å². The summed E-state index contributed by atoms with van der Waals surface area (Å²) < 4.78 is 5.82. The van der Waals surface area contributed by atoms with Crippen LogP contribution >= 0.6 is 0 Å². The lowest BCUT2D eigenvalue weighted by Gasteiger charge is -2.32. The lowest BCUT2D eigenvalue weighted by molar-refractivity contribution is -0.0383. The van der Waals surface area contributed by atoms with E-state index < -0.39 is 0 Å². The van der Waals surface area contributed by atoms with Crippen LogP contribution in [0.2, 0.25) is 0 Å². The van der Waals surface area contributed by atoms with Crippen LogP contribution in [0.5, 0.6) is 0 Å². The highest BCUT2D eigenvalue weighted by Gasteiger charge is 2.33. The molecule has 3 rings (SSSR count). The van der Waals surface area contributed by atoms with Gasteiger partial charge in [0.1, 0.15) is 0 Å². The topological polar surface area (TPSA) is 24.5 Å². The summed E-state index contributed by atoms with van der Waals surface area (Å²) in [5.41, 5.74) is 0. The SMILES string of the molecule is C(CNC1CC1)CN1CC2CCC(C1)O2. The molecule has 86 valence electrons. The summed E-state index contributed by atoms with van der Waals surface area (Å²) >= 11 is 0. The van der Waals surface area contributed by atoms with E-state index in [1.165, 1.54) is 58.3 Å². The van der Waals surface area contributed by atoms with Gasteiger partial charge in [-0.2, -0.15) is 0 Å². The van der Waals surface area contributed by atoms with Crippen molar-refractivity contribution in [2.75, 3.05) is 26.2 Å². The third-order valence-electron chi connectivity index (χ3n) is 3.78. The number of hydrogen-bond acceptors (Lipinski definition) is 3. The minimum Gasteiger partial charge on any atom is -0.372 e. The maximum absolute atomic E-state index is 5.82. The molecule has 2 unspecified atom stereocenters. The summed E-state index contributed by atoms with van der Waals surface area (Å²) in [7, 11) is 0. The van der Waals surface area contributed by atoms with Gasteiger partial charge in [0.2, 0.25) is 0 Å². The van der Waals surface area contributed by atoms with Crippen LogP contribution in [0.3, 0.4) is 0 Å². The molecule has 3 nitrogen and oxygen atoms in total. The van der Waals surface area contributed by atoms with Crippen molar-refractivity contribution in [3.05, 3.63) is 0 Å². The zero-order valence-corrected chi connectivity index (χ0v) is 9.45. The Morgan fingerprint density at radius 1 is 1.07 bits per heavy atom. The van der Waals surface area contributed by atoms with Crippen LogP contribution in [0, 0.1) is 0 Å². The Hall–Kier alpha value is -0.120. The highest BCUT2D eigenvalue weighted by Crippen LogP contribution is 2.26. The number of nitrogens with one attached hydrogen (secondary N) is 1. The molecule has 3 fully saturated rings. The quantitative estimate of drug-likeness (QED) is 0.685. The predicted octanol–water partition coefficient (Wildman–Crippen LogP) is 0.992. The predicted molar refractivity (Wildman–Crippen MR) is 60.0 cm³/mol. The zero-order chi connectivity index (χ0) is 10.1. The van der Waals surface area contributed by atoms with Gasteiger partial charge in [0, 0.05) is 19.1 Å². The average Bonchev–Trinajstić information content (AvgIpc) is 3.00. The largest absolute Gasteiger partial charge is 0.372 e. The molecule has 2 saturated heterocycles. The molecule has 3 heteroatoms. The highest BCUT2D eigenvalue weighted by molar-refractivity contribution is 4.85. The maximum atomic E-state index is 5.82. The summed E-state index contributed by atoms with van der Waals surface area (Å²) in [5.74, 6) is 0. The summed E-state index contributed by atoms with van der Waals surface area (Å²) in [6.07, 6.45) is 7.81. The van der Waals surface area contributed by atoms with E-state index in [-0.39, 0.29) is 0 Å². The van der Waals surface area contributed by atoms with Crippen molar-refractivity contribution in [2.24, 2.45) is 0 Å². The van der Waals surface area contributed by atoms with Crippen LogP contribution in [0.4, 0.5) is 0 Å². The van der Waals surface area contributed by atoms with Crippen LogP contribution < -0.4 is 5.32 Å². The third-order valence-corrected chi connectivity index (χ3v) is 3.78. The van der Waals surface area contributed by atoms with E-state index in [9.17, 15) is 0 Å². The summed E-state index contributed by atoms with van der Waals surface area (Å²) in [4.78, 5) is 2.60. The normalized spacial score (nSPS) is 36.0.